The minimum Gasteiger partial charge on any atom is -0.466 e. The molecule has 2 aliphatic heterocycles. The van der Waals surface area contributed by atoms with Crippen LogP contribution < -0.4 is 4.90 Å². The third-order valence-electron chi connectivity index (χ3n) is 6.01. The van der Waals surface area contributed by atoms with Gasteiger partial charge in [0.25, 0.3) is 17.7 Å². The third kappa shape index (κ3) is 3.68. The number of ether oxygens (including phenoxy) is 1. The second-order valence-corrected chi connectivity index (χ2v) is 9.00. The van der Waals surface area contributed by atoms with Gasteiger partial charge < -0.3 is 9.64 Å². The Bertz CT molecular complexity index is 1260. The molecule has 2 aromatic carbocycles. The van der Waals surface area contributed by atoms with Crippen molar-refractivity contribution < 1.29 is 23.9 Å². The van der Waals surface area contributed by atoms with Crippen LogP contribution >= 0.6 is 11.3 Å². The molecule has 0 atom stereocenters. The van der Waals surface area contributed by atoms with Gasteiger partial charge in [0.2, 0.25) is 5.13 Å². The first-order valence-electron chi connectivity index (χ1n) is 10.8. The average molecular weight is 464 g/mol. The highest BCUT2D eigenvalue weighted by molar-refractivity contribution is 7.22. The molecule has 0 saturated carbocycles. The van der Waals surface area contributed by atoms with E-state index < -0.39 is 11.8 Å². The van der Waals surface area contributed by atoms with Crippen LogP contribution in [0.3, 0.4) is 0 Å². The molecule has 1 aromatic heterocycles. The lowest BCUT2D eigenvalue weighted by atomic mass is 9.96. The maximum absolute atomic E-state index is 13.0. The van der Waals surface area contributed by atoms with E-state index in [4.69, 9.17) is 4.74 Å². The highest BCUT2D eigenvalue weighted by Crippen LogP contribution is 2.35. The Morgan fingerprint density at radius 1 is 1.06 bits per heavy atom. The molecule has 0 spiro atoms. The molecule has 9 heteroatoms. The summed E-state index contributed by atoms with van der Waals surface area (Å²) in [6.45, 7) is 3.12. The fourth-order valence-corrected chi connectivity index (χ4v) is 5.27. The van der Waals surface area contributed by atoms with E-state index in [1.54, 1.807) is 54.3 Å². The summed E-state index contributed by atoms with van der Waals surface area (Å²) in [4.78, 5) is 57.8. The van der Waals surface area contributed by atoms with Crippen LogP contribution in [0.5, 0.6) is 0 Å². The Kier molecular flexibility index (Phi) is 5.41. The highest BCUT2D eigenvalue weighted by Gasteiger charge is 2.38. The highest BCUT2D eigenvalue weighted by atomic mass is 32.1. The van der Waals surface area contributed by atoms with E-state index in [0.29, 0.717) is 59.4 Å². The lowest BCUT2D eigenvalue weighted by Gasteiger charge is -2.30. The van der Waals surface area contributed by atoms with Crippen molar-refractivity contribution in [2.24, 2.45) is 5.92 Å². The number of benzene rings is 2. The molecule has 1 fully saturated rings. The lowest BCUT2D eigenvalue weighted by Crippen LogP contribution is -2.40. The minimum atomic E-state index is -0.393. The molecule has 168 valence electrons. The average Bonchev–Trinajstić information content (AvgIpc) is 3.36. The number of anilines is 1. The number of amides is 3. The molecule has 0 radical (unpaired) electrons. The van der Waals surface area contributed by atoms with Crippen LogP contribution in [0.15, 0.2) is 42.5 Å². The molecule has 5 rings (SSSR count). The fraction of sp³-hybridized carbons (Fsp3) is 0.292. The molecule has 0 aliphatic carbocycles. The lowest BCUT2D eigenvalue weighted by molar-refractivity contribution is -0.149. The summed E-state index contributed by atoms with van der Waals surface area (Å²) in [5, 5.41) is 0.288. The van der Waals surface area contributed by atoms with E-state index in [1.807, 2.05) is 0 Å². The van der Waals surface area contributed by atoms with Crippen molar-refractivity contribution in [3.63, 3.8) is 0 Å². The molecule has 0 unspecified atom stereocenters. The molecule has 3 aromatic rings. The van der Waals surface area contributed by atoms with Gasteiger partial charge in [-0.1, -0.05) is 23.5 Å². The van der Waals surface area contributed by atoms with Gasteiger partial charge >= 0.3 is 5.97 Å². The van der Waals surface area contributed by atoms with Gasteiger partial charge in [-0.25, -0.2) is 9.88 Å². The molecule has 2 aliphatic rings. The van der Waals surface area contributed by atoms with Crippen LogP contribution in [0.4, 0.5) is 5.13 Å². The second-order valence-electron chi connectivity index (χ2n) is 7.99. The fourth-order valence-electron chi connectivity index (χ4n) is 4.27. The van der Waals surface area contributed by atoms with Crippen molar-refractivity contribution in [2.75, 3.05) is 24.6 Å². The summed E-state index contributed by atoms with van der Waals surface area (Å²) >= 11 is 1.20. The number of fused-ring (bicyclic) bond motifs is 2. The van der Waals surface area contributed by atoms with Crippen molar-refractivity contribution in [3.8, 4) is 0 Å². The van der Waals surface area contributed by atoms with Gasteiger partial charge in [0.05, 0.1) is 33.9 Å². The molecule has 1 saturated heterocycles. The number of carbonyl (C=O) groups is 4. The van der Waals surface area contributed by atoms with Crippen LogP contribution in [-0.2, 0) is 9.53 Å². The maximum atomic E-state index is 13.0. The number of rotatable bonds is 4. The molecular weight excluding hydrogens is 442 g/mol. The number of nitrogens with zero attached hydrogens (tertiary/aromatic N) is 3. The Morgan fingerprint density at radius 3 is 2.36 bits per heavy atom. The summed E-state index contributed by atoms with van der Waals surface area (Å²) in [6.07, 6.45) is 1.16. The number of thiazole rings is 1. The van der Waals surface area contributed by atoms with Crippen molar-refractivity contribution >= 4 is 50.4 Å². The van der Waals surface area contributed by atoms with Crippen molar-refractivity contribution in [2.45, 2.75) is 19.8 Å². The summed E-state index contributed by atoms with van der Waals surface area (Å²) in [6, 6.07) is 11.9. The topological polar surface area (TPSA) is 96.9 Å². The minimum absolute atomic E-state index is 0.116. The number of esters is 1. The van der Waals surface area contributed by atoms with Crippen molar-refractivity contribution in [1.29, 1.82) is 0 Å². The quantitative estimate of drug-likeness (QED) is 0.434. The zero-order valence-corrected chi connectivity index (χ0v) is 18.8. The Labute approximate surface area is 193 Å². The number of imide groups is 1. The Balaban J connectivity index is 1.34. The number of hydrogen-bond donors (Lipinski definition) is 0. The van der Waals surface area contributed by atoms with E-state index in [1.165, 1.54) is 11.3 Å². The SMILES string of the molecule is CCOC(=O)C1CCN(C(=O)c2ccc3nc(N4C(=O)c5ccccc5C4=O)sc3c2)CC1. The monoisotopic (exact) mass is 463 g/mol. The van der Waals surface area contributed by atoms with Gasteiger partial charge in [0.15, 0.2) is 0 Å². The van der Waals surface area contributed by atoms with Gasteiger partial charge in [0, 0.05) is 18.7 Å². The molecule has 0 N–H and O–H groups in total. The molecule has 0 bridgehead atoms. The predicted molar refractivity (Wildman–Crippen MR) is 122 cm³/mol. The zero-order chi connectivity index (χ0) is 23.1. The van der Waals surface area contributed by atoms with Gasteiger partial charge in [-0.2, -0.15) is 0 Å². The third-order valence-corrected chi connectivity index (χ3v) is 7.01. The first-order valence-corrected chi connectivity index (χ1v) is 11.6. The molecule has 3 amide bonds. The molecule has 33 heavy (non-hydrogen) atoms. The predicted octanol–water partition coefficient (Wildman–Crippen LogP) is 3.51. The van der Waals surface area contributed by atoms with E-state index in [9.17, 15) is 19.2 Å². The van der Waals surface area contributed by atoms with Crippen LogP contribution in [0, 0.1) is 5.92 Å². The normalized spacial score (nSPS) is 16.4. The maximum Gasteiger partial charge on any atom is 0.309 e. The van der Waals surface area contributed by atoms with Gasteiger partial charge in [-0.15, -0.1) is 0 Å². The standard InChI is InChI=1S/C24H21N3O5S/c1-2-32-23(31)14-9-11-26(12-10-14)20(28)15-7-8-18-19(13-15)33-24(25-18)27-21(29)16-5-3-4-6-17(16)22(27)30/h3-8,13-14H,2,9-12H2,1H3. The number of carbonyl (C=O) groups excluding carboxylic acids is 4. The first-order chi connectivity index (χ1) is 16.0. The molecule has 8 nitrogen and oxygen atoms in total. The van der Waals surface area contributed by atoms with Crippen molar-refractivity contribution in [3.05, 3.63) is 59.2 Å². The Morgan fingerprint density at radius 2 is 1.73 bits per heavy atom. The van der Waals surface area contributed by atoms with E-state index in [2.05, 4.69) is 4.98 Å². The largest absolute Gasteiger partial charge is 0.466 e. The summed E-state index contributed by atoms with van der Waals surface area (Å²) < 4.78 is 5.81. The molecular formula is C24H21N3O5S. The number of likely N-dealkylation sites (tertiary alicyclic amines) is 1. The van der Waals surface area contributed by atoms with E-state index in [-0.39, 0.29) is 22.9 Å². The zero-order valence-electron chi connectivity index (χ0n) is 17.9. The summed E-state index contributed by atoms with van der Waals surface area (Å²) in [5.41, 5.74) is 1.85. The van der Waals surface area contributed by atoms with Crippen LogP contribution in [0.2, 0.25) is 0 Å². The number of aromatic nitrogens is 1. The summed E-state index contributed by atoms with van der Waals surface area (Å²) in [5.74, 6) is -1.27. The molecule has 3 heterocycles. The van der Waals surface area contributed by atoms with Gasteiger partial charge in [0.1, 0.15) is 0 Å². The number of piperidine rings is 1. The van der Waals surface area contributed by atoms with Gasteiger partial charge in [-0.3, -0.25) is 19.2 Å². The van der Waals surface area contributed by atoms with Crippen LogP contribution in [0.25, 0.3) is 10.2 Å². The first kappa shape index (κ1) is 21.3. The summed E-state index contributed by atoms with van der Waals surface area (Å²) in [7, 11) is 0. The van der Waals surface area contributed by atoms with Crippen molar-refractivity contribution in [1.82, 2.24) is 9.88 Å². The number of hydrogen-bond acceptors (Lipinski definition) is 7. The van der Waals surface area contributed by atoms with Crippen LogP contribution in [-0.4, -0.2) is 53.3 Å². The second kappa shape index (κ2) is 8.40. The Hall–Kier alpha value is -3.59. The van der Waals surface area contributed by atoms with E-state index >= 15 is 0 Å². The van der Waals surface area contributed by atoms with Gasteiger partial charge in [-0.05, 0) is 50.1 Å². The van der Waals surface area contributed by atoms with Crippen LogP contribution in [0.1, 0.15) is 50.8 Å². The smallest absolute Gasteiger partial charge is 0.309 e. The van der Waals surface area contributed by atoms with E-state index in [0.717, 1.165) is 4.90 Å².